The van der Waals surface area contributed by atoms with E-state index in [9.17, 15) is 20.1 Å². The van der Waals surface area contributed by atoms with E-state index in [1.807, 2.05) is 66.4 Å². The maximum absolute atomic E-state index is 13.7. The van der Waals surface area contributed by atoms with Gasteiger partial charge in [0.2, 0.25) is 0 Å². The van der Waals surface area contributed by atoms with Crippen molar-refractivity contribution >= 4 is 23.6 Å². The minimum Gasteiger partial charge on any atom is -0.370 e. The van der Waals surface area contributed by atoms with E-state index in [-0.39, 0.29) is 5.91 Å². The van der Waals surface area contributed by atoms with Gasteiger partial charge in [0.05, 0.1) is 22.5 Å². The van der Waals surface area contributed by atoms with Gasteiger partial charge < -0.3 is 19.5 Å². The second-order valence-electron chi connectivity index (χ2n) is 11.3. The standard InChI is InChI=1S/C34H35N5O2/c1-25-19-26(2)30(33(41)39-17-15-38(16-18-39)32-10-6-4-8-28(32)23-36)20-29(25)21-34(24-40)11-13-37(14-12-34)31-9-5-3-7-27(31)22-35/h3-10,19-20,24H,11-18,21H2,1-2H3. The SMILES string of the molecule is Cc1cc(C)c(C(=O)N2CCN(c3ccccc3C#N)CC2)cc1CC1(C=O)CCN(c2ccccc2C#N)CC1. The Labute approximate surface area is 242 Å². The van der Waals surface area contributed by atoms with Crippen LogP contribution < -0.4 is 9.80 Å². The Morgan fingerprint density at radius 2 is 1.34 bits per heavy atom. The van der Waals surface area contributed by atoms with Gasteiger partial charge >= 0.3 is 0 Å². The number of carbonyl (C=O) groups is 2. The monoisotopic (exact) mass is 545 g/mol. The zero-order valence-electron chi connectivity index (χ0n) is 23.8. The lowest BCUT2D eigenvalue weighted by Gasteiger charge is -2.40. The summed E-state index contributed by atoms with van der Waals surface area (Å²) in [5.74, 6) is 0.0139. The normalized spacial score (nSPS) is 16.5. The second kappa shape index (κ2) is 11.9. The van der Waals surface area contributed by atoms with Crippen LogP contribution in [0.2, 0.25) is 0 Å². The van der Waals surface area contributed by atoms with Gasteiger partial charge in [0.25, 0.3) is 5.91 Å². The zero-order valence-corrected chi connectivity index (χ0v) is 23.8. The summed E-state index contributed by atoms with van der Waals surface area (Å²) in [6.07, 6.45) is 3.09. The van der Waals surface area contributed by atoms with Gasteiger partial charge in [-0.25, -0.2) is 0 Å². The number of piperazine rings is 1. The molecule has 3 aromatic rings. The Balaban J connectivity index is 1.29. The molecule has 0 N–H and O–H groups in total. The molecule has 208 valence electrons. The highest BCUT2D eigenvalue weighted by Crippen LogP contribution is 2.37. The Kier molecular flexibility index (Phi) is 8.08. The second-order valence-corrected chi connectivity index (χ2v) is 11.3. The van der Waals surface area contributed by atoms with E-state index in [1.54, 1.807) is 0 Å². The third-order valence-corrected chi connectivity index (χ3v) is 8.76. The van der Waals surface area contributed by atoms with Crippen molar-refractivity contribution in [2.24, 2.45) is 5.41 Å². The zero-order chi connectivity index (χ0) is 29.0. The van der Waals surface area contributed by atoms with Gasteiger partial charge in [-0.2, -0.15) is 10.5 Å². The van der Waals surface area contributed by atoms with Gasteiger partial charge in [0.1, 0.15) is 18.4 Å². The van der Waals surface area contributed by atoms with Crippen LogP contribution in [0.1, 0.15) is 51.0 Å². The van der Waals surface area contributed by atoms with Gasteiger partial charge in [0, 0.05) is 50.2 Å². The molecule has 0 radical (unpaired) electrons. The minimum atomic E-state index is -0.502. The molecule has 0 unspecified atom stereocenters. The van der Waals surface area contributed by atoms with Crippen molar-refractivity contribution in [3.05, 3.63) is 94.0 Å². The van der Waals surface area contributed by atoms with Crippen LogP contribution in [0.15, 0.2) is 60.7 Å². The predicted octanol–water partition coefficient (Wildman–Crippen LogP) is 5.04. The molecule has 1 amide bonds. The number of hydrogen-bond acceptors (Lipinski definition) is 6. The predicted molar refractivity (Wildman–Crippen MR) is 160 cm³/mol. The van der Waals surface area contributed by atoms with Crippen LogP contribution in [0.5, 0.6) is 0 Å². The number of piperidine rings is 1. The Hall–Kier alpha value is -4.62. The summed E-state index contributed by atoms with van der Waals surface area (Å²) in [6.45, 7) is 7.94. The van der Waals surface area contributed by atoms with Crippen LogP contribution in [0.4, 0.5) is 11.4 Å². The molecular weight excluding hydrogens is 510 g/mol. The molecule has 0 saturated carbocycles. The van der Waals surface area contributed by atoms with Crippen LogP contribution in [-0.2, 0) is 11.2 Å². The molecule has 41 heavy (non-hydrogen) atoms. The molecular formula is C34H35N5O2. The van der Waals surface area contributed by atoms with E-state index in [0.29, 0.717) is 75.2 Å². The quantitative estimate of drug-likeness (QED) is 0.403. The molecule has 0 aliphatic carbocycles. The highest BCUT2D eigenvalue weighted by Gasteiger charge is 2.36. The van der Waals surface area contributed by atoms with E-state index >= 15 is 0 Å². The Morgan fingerprint density at radius 1 is 0.805 bits per heavy atom. The number of amides is 1. The summed E-state index contributed by atoms with van der Waals surface area (Å²) >= 11 is 0. The van der Waals surface area contributed by atoms with Gasteiger partial charge in [-0.15, -0.1) is 0 Å². The topological polar surface area (TPSA) is 91.4 Å². The average Bonchev–Trinajstić information content (AvgIpc) is 3.02. The molecule has 0 aromatic heterocycles. The van der Waals surface area contributed by atoms with Gasteiger partial charge in [0.15, 0.2) is 0 Å². The number of rotatable bonds is 6. The van der Waals surface area contributed by atoms with Crippen molar-refractivity contribution in [2.45, 2.75) is 33.1 Å². The van der Waals surface area contributed by atoms with Crippen molar-refractivity contribution in [1.29, 1.82) is 10.5 Å². The summed E-state index contributed by atoms with van der Waals surface area (Å²) in [4.78, 5) is 32.5. The maximum atomic E-state index is 13.7. The number of hydrogen-bond donors (Lipinski definition) is 0. The molecule has 2 aliphatic rings. The number of aldehydes is 1. The summed E-state index contributed by atoms with van der Waals surface area (Å²) in [6, 6.07) is 23.8. The molecule has 3 aromatic carbocycles. The maximum Gasteiger partial charge on any atom is 0.254 e. The molecule has 0 atom stereocenters. The molecule has 7 nitrogen and oxygen atoms in total. The van der Waals surface area contributed by atoms with Gasteiger partial charge in [-0.1, -0.05) is 30.3 Å². The Bertz CT molecular complexity index is 1530. The van der Waals surface area contributed by atoms with Gasteiger partial charge in [-0.05, 0) is 80.1 Å². The summed E-state index contributed by atoms with van der Waals surface area (Å²) in [7, 11) is 0. The molecule has 0 bridgehead atoms. The minimum absolute atomic E-state index is 0.0139. The molecule has 2 aliphatic heterocycles. The number of para-hydroxylation sites is 2. The Morgan fingerprint density at radius 3 is 1.88 bits per heavy atom. The lowest BCUT2D eigenvalue weighted by Crippen LogP contribution is -2.49. The van der Waals surface area contributed by atoms with E-state index in [0.717, 1.165) is 34.4 Å². The van der Waals surface area contributed by atoms with Crippen LogP contribution in [0.25, 0.3) is 0 Å². The van der Waals surface area contributed by atoms with Crippen LogP contribution in [0.3, 0.4) is 0 Å². The van der Waals surface area contributed by atoms with E-state index in [1.165, 1.54) is 0 Å². The van der Waals surface area contributed by atoms with Crippen LogP contribution in [-0.4, -0.2) is 56.4 Å². The number of carbonyl (C=O) groups excluding carboxylic acids is 2. The summed E-state index contributed by atoms with van der Waals surface area (Å²) in [5, 5.41) is 19.0. The lowest BCUT2D eigenvalue weighted by molar-refractivity contribution is -0.117. The number of nitriles is 2. The molecule has 2 heterocycles. The van der Waals surface area contributed by atoms with Gasteiger partial charge in [-0.3, -0.25) is 4.79 Å². The highest BCUT2D eigenvalue weighted by atomic mass is 16.2. The number of anilines is 2. The smallest absolute Gasteiger partial charge is 0.254 e. The summed E-state index contributed by atoms with van der Waals surface area (Å²) < 4.78 is 0. The molecule has 0 spiro atoms. The lowest BCUT2D eigenvalue weighted by atomic mass is 9.74. The molecule has 2 fully saturated rings. The third kappa shape index (κ3) is 5.67. The molecule has 2 saturated heterocycles. The number of benzene rings is 3. The fraction of sp³-hybridized carbons (Fsp3) is 0.353. The van der Waals surface area contributed by atoms with Crippen molar-refractivity contribution in [3.8, 4) is 12.1 Å². The molecule has 7 heteroatoms. The fourth-order valence-corrected chi connectivity index (χ4v) is 6.24. The van der Waals surface area contributed by atoms with Crippen LogP contribution in [0, 0.1) is 41.9 Å². The van der Waals surface area contributed by atoms with Crippen molar-refractivity contribution < 1.29 is 9.59 Å². The van der Waals surface area contributed by atoms with E-state index in [4.69, 9.17) is 0 Å². The largest absolute Gasteiger partial charge is 0.370 e. The number of aryl methyl sites for hydroxylation is 2. The highest BCUT2D eigenvalue weighted by molar-refractivity contribution is 5.96. The first-order valence-corrected chi connectivity index (χ1v) is 14.2. The first-order valence-electron chi connectivity index (χ1n) is 14.2. The number of nitrogens with zero attached hydrogens (tertiary/aromatic N) is 5. The van der Waals surface area contributed by atoms with E-state index in [2.05, 4.69) is 34.9 Å². The first-order chi connectivity index (χ1) is 19.9. The third-order valence-electron chi connectivity index (χ3n) is 8.76. The molecule has 5 rings (SSSR count). The van der Waals surface area contributed by atoms with Crippen molar-refractivity contribution in [3.63, 3.8) is 0 Å². The van der Waals surface area contributed by atoms with Crippen molar-refractivity contribution in [2.75, 3.05) is 49.1 Å². The first kappa shape index (κ1) is 27.9. The fourth-order valence-electron chi connectivity index (χ4n) is 6.24. The van der Waals surface area contributed by atoms with E-state index < -0.39 is 5.41 Å². The average molecular weight is 546 g/mol. The van der Waals surface area contributed by atoms with Crippen LogP contribution >= 0.6 is 0 Å². The van der Waals surface area contributed by atoms with Crippen molar-refractivity contribution in [1.82, 2.24) is 4.90 Å². The summed E-state index contributed by atoms with van der Waals surface area (Å²) in [5.41, 5.74) is 6.40.